The lowest BCUT2D eigenvalue weighted by Gasteiger charge is -2.34. The standard InChI is InChI=1S/C26H38N4O4S/c1-5-18-11-13-19(14-12-18)22(23(31)28-20-9-7-6-8-10-20)30(16-15-27)24(32)21(17-35)29-25(33)34-26(2,3)4/h11-14,20-22,35H,5-10,16-17H2,1-4H3,(H,28,31)(H,29,33). The number of thiol groups is 1. The second-order valence-corrected chi connectivity index (χ2v) is 10.2. The van der Waals surface area contributed by atoms with E-state index < -0.39 is 29.7 Å². The number of alkyl carbamates (subject to hydrolysis) is 1. The number of ether oxygens (including phenoxy) is 1. The van der Waals surface area contributed by atoms with Crippen LogP contribution in [0.15, 0.2) is 24.3 Å². The van der Waals surface area contributed by atoms with Crippen LogP contribution in [-0.4, -0.2) is 52.8 Å². The highest BCUT2D eigenvalue weighted by Crippen LogP contribution is 2.25. The number of aryl methyl sites for hydroxylation is 1. The van der Waals surface area contributed by atoms with Gasteiger partial charge in [0.15, 0.2) is 0 Å². The third kappa shape index (κ3) is 8.77. The van der Waals surface area contributed by atoms with Crippen LogP contribution in [0.1, 0.15) is 77.0 Å². The largest absolute Gasteiger partial charge is 0.444 e. The molecular weight excluding hydrogens is 464 g/mol. The molecule has 2 rings (SSSR count). The first-order valence-corrected chi connectivity index (χ1v) is 12.9. The molecule has 1 fully saturated rings. The Balaban J connectivity index is 2.36. The molecule has 192 valence electrons. The third-order valence-electron chi connectivity index (χ3n) is 5.91. The molecule has 0 spiro atoms. The van der Waals surface area contributed by atoms with Gasteiger partial charge in [0.2, 0.25) is 11.8 Å². The van der Waals surface area contributed by atoms with Crippen molar-refractivity contribution in [2.45, 2.75) is 89.9 Å². The van der Waals surface area contributed by atoms with Crippen molar-refractivity contribution in [3.05, 3.63) is 35.4 Å². The Bertz CT molecular complexity index is 901. The Kier molecular flexibility index (Phi) is 10.9. The summed E-state index contributed by atoms with van der Waals surface area (Å²) in [4.78, 5) is 40.7. The Morgan fingerprint density at radius 1 is 1.17 bits per heavy atom. The van der Waals surface area contributed by atoms with Gasteiger partial charge in [0.25, 0.3) is 0 Å². The molecule has 1 aromatic carbocycles. The number of carbonyl (C=O) groups is 3. The number of nitriles is 1. The zero-order valence-electron chi connectivity index (χ0n) is 21.2. The summed E-state index contributed by atoms with van der Waals surface area (Å²) in [6, 6.07) is 7.43. The van der Waals surface area contributed by atoms with Gasteiger partial charge in [-0.25, -0.2) is 4.79 Å². The summed E-state index contributed by atoms with van der Waals surface area (Å²) in [5.41, 5.74) is 0.955. The average molecular weight is 503 g/mol. The first kappa shape index (κ1) is 28.5. The normalized spacial score (nSPS) is 15.9. The fourth-order valence-corrected chi connectivity index (χ4v) is 4.39. The fraction of sp³-hybridized carbons (Fsp3) is 0.615. The highest BCUT2D eigenvalue weighted by atomic mass is 32.1. The molecule has 9 heteroatoms. The zero-order chi connectivity index (χ0) is 26.0. The minimum absolute atomic E-state index is 0.0221. The molecule has 0 aliphatic heterocycles. The minimum Gasteiger partial charge on any atom is -0.444 e. The van der Waals surface area contributed by atoms with Crippen molar-refractivity contribution in [1.29, 1.82) is 5.26 Å². The van der Waals surface area contributed by atoms with Gasteiger partial charge >= 0.3 is 6.09 Å². The molecule has 0 aromatic heterocycles. The SMILES string of the molecule is CCc1ccc(C(C(=O)NC2CCCCC2)N(CC#N)C(=O)C(CS)NC(=O)OC(C)(C)C)cc1. The predicted molar refractivity (Wildman–Crippen MR) is 138 cm³/mol. The van der Waals surface area contributed by atoms with Crippen LogP contribution in [0.3, 0.4) is 0 Å². The molecule has 0 heterocycles. The zero-order valence-corrected chi connectivity index (χ0v) is 22.1. The highest BCUT2D eigenvalue weighted by Gasteiger charge is 2.36. The number of amides is 3. The number of nitrogens with one attached hydrogen (secondary N) is 2. The average Bonchev–Trinajstić information content (AvgIpc) is 2.81. The Labute approximate surface area is 214 Å². The first-order chi connectivity index (χ1) is 16.6. The summed E-state index contributed by atoms with van der Waals surface area (Å²) in [6.07, 6.45) is 5.08. The van der Waals surface area contributed by atoms with Crippen LogP contribution < -0.4 is 10.6 Å². The van der Waals surface area contributed by atoms with E-state index in [-0.39, 0.29) is 24.2 Å². The molecule has 0 radical (unpaired) electrons. The maximum absolute atomic E-state index is 13.6. The van der Waals surface area contributed by atoms with E-state index in [0.717, 1.165) is 44.1 Å². The van der Waals surface area contributed by atoms with Gasteiger partial charge in [0.1, 0.15) is 24.2 Å². The number of hydrogen-bond donors (Lipinski definition) is 3. The van der Waals surface area contributed by atoms with E-state index in [4.69, 9.17) is 4.74 Å². The molecule has 2 unspecified atom stereocenters. The van der Waals surface area contributed by atoms with E-state index in [1.807, 2.05) is 37.3 Å². The van der Waals surface area contributed by atoms with Gasteiger partial charge in [-0.05, 0) is 51.2 Å². The molecule has 0 bridgehead atoms. The molecule has 2 N–H and O–H groups in total. The number of nitrogens with zero attached hydrogens (tertiary/aromatic N) is 2. The minimum atomic E-state index is -1.07. The predicted octanol–water partition coefficient (Wildman–Crippen LogP) is 3.91. The molecule has 3 amide bonds. The molecule has 35 heavy (non-hydrogen) atoms. The smallest absolute Gasteiger partial charge is 0.408 e. The van der Waals surface area contributed by atoms with Crippen LogP contribution in [0.4, 0.5) is 4.79 Å². The van der Waals surface area contributed by atoms with Gasteiger partial charge in [-0.1, -0.05) is 50.5 Å². The van der Waals surface area contributed by atoms with Gasteiger partial charge < -0.3 is 20.3 Å². The summed E-state index contributed by atoms with van der Waals surface area (Å²) in [5, 5.41) is 15.2. The summed E-state index contributed by atoms with van der Waals surface area (Å²) in [5.74, 6) is -0.929. The second-order valence-electron chi connectivity index (χ2n) is 9.85. The lowest BCUT2D eigenvalue weighted by molar-refractivity contribution is -0.141. The highest BCUT2D eigenvalue weighted by molar-refractivity contribution is 7.80. The van der Waals surface area contributed by atoms with Crippen molar-refractivity contribution >= 4 is 30.5 Å². The van der Waals surface area contributed by atoms with Gasteiger partial charge in [-0.3, -0.25) is 9.59 Å². The van der Waals surface area contributed by atoms with Crippen LogP contribution in [0.5, 0.6) is 0 Å². The van der Waals surface area contributed by atoms with E-state index in [1.165, 1.54) is 4.90 Å². The van der Waals surface area contributed by atoms with Gasteiger partial charge in [-0.15, -0.1) is 0 Å². The third-order valence-corrected chi connectivity index (χ3v) is 6.28. The number of benzene rings is 1. The van der Waals surface area contributed by atoms with Gasteiger partial charge in [-0.2, -0.15) is 17.9 Å². The number of carbonyl (C=O) groups excluding carboxylic acids is 3. The molecule has 2 atom stereocenters. The number of hydrogen-bond acceptors (Lipinski definition) is 6. The number of rotatable bonds is 9. The molecular formula is C26H38N4O4S. The quantitative estimate of drug-likeness (QED) is 0.350. The van der Waals surface area contributed by atoms with Crippen LogP contribution in [0.25, 0.3) is 0 Å². The molecule has 0 saturated heterocycles. The Morgan fingerprint density at radius 3 is 2.31 bits per heavy atom. The summed E-state index contributed by atoms with van der Waals surface area (Å²) >= 11 is 4.24. The van der Waals surface area contributed by atoms with Crippen LogP contribution in [-0.2, 0) is 20.7 Å². The summed E-state index contributed by atoms with van der Waals surface area (Å²) in [6.45, 7) is 6.87. The van der Waals surface area contributed by atoms with Crippen molar-refractivity contribution in [2.24, 2.45) is 0 Å². The van der Waals surface area contributed by atoms with Gasteiger partial charge in [0.05, 0.1) is 6.07 Å². The Hall–Kier alpha value is -2.73. The van der Waals surface area contributed by atoms with E-state index in [0.29, 0.717) is 5.56 Å². The van der Waals surface area contributed by atoms with E-state index in [1.54, 1.807) is 20.8 Å². The van der Waals surface area contributed by atoms with Crippen molar-refractivity contribution < 1.29 is 19.1 Å². The van der Waals surface area contributed by atoms with Crippen LogP contribution >= 0.6 is 12.6 Å². The lowest BCUT2D eigenvalue weighted by atomic mass is 9.94. The summed E-state index contributed by atoms with van der Waals surface area (Å²) in [7, 11) is 0. The van der Waals surface area contributed by atoms with Crippen molar-refractivity contribution in [3.8, 4) is 6.07 Å². The molecule has 1 saturated carbocycles. The molecule has 1 aromatic rings. The second kappa shape index (κ2) is 13.4. The fourth-order valence-electron chi connectivity index (χ4n) is 4.14. The van der Waals surface area contributed by atoms with Crippen LogP contribution in [0, 0.1) is 11.3 Å². The Morgan fingerprint density at radius 2 is 1.80 bits per heavy atom. The van der Waals surface area contributed by atoms with E-state index in [2.05, 4.69) is 23.3 Å². The van der Waals surface area contributed by atoms with Crippen LogP contribution in [0.2, 0.25) is 0 Å². The maximum Gasteiger partial charge on any atom is 0.408 e. The van der Waals surface area contributed by atoms with Crippen molar-refractivity contribution in [1.82, 2.24) is 15.5 Å². The van der Waals surface area contributed by atoms with E-state index >= 15 is 0 Å². The maximum atomic E-state index is 13.6. The molecule has 1 aliphatic carbocycles. The van der Waals surface area contributed by atoms with Crippen molar-refractivity contribution in [3.63, 3.8) is 0 Å². The molecule has 1 aliphatic rings. The first-order valence-electron chi connectivity index (χ1n) is 12.3. The molecule has 8 nitrogen and oxygen atoms in total. The summed E-state index contributed by atoms with van der Waals surface area (Å²) < 4.78 is 5.28. The lowest BCUT2D eigenvalue weighted by Crippen LogP contribution is -2.54. The van der Waals surface area contributed by atoms with E-state index in [9.17, 15) is 19.6 Å². The topological polar surface area (TPSA) is 112 Å². The van der Waals surface area contributed by atoms with Gasteiger partial charge in [0, 0.05) is 11.8 Å². The monoisotopic (exact) mass is 502 g/mol. The van der Waals surface area contributed by atoms with Crippen molar-refractivity contribution in [2.75, 3.05) is 12.3 Å².